The van der Waals surface area contributed by atoms with Gasteiger partial charge in [0.25, 0.3) is 0 Å². The summed E-state index contributed by atoms with van der Waals surface area (Å²) < 4.78 is 37.5. The summed E-state index contributed by atoms with van der Waals surface area (Å²) in [5.74, 6) is 0. The molecule has 1 aliphatic heterocycles. The Balaban J connectivity index is 1.86. The van der Waals surface area contributed by atoms with Crippen molar-refractivity contribution < 1.29 is 17.9 Å². The molecule has 7 nitrogen and oxygen atoms in total. The van der Waals surface area contributed by atoms with Gasteiger partial charge in [0.2, 0.25) is 10.0 Å². The predicted molar refractivity (Wildman–Crippen MR) is 78.5 cm³/mol. The normalized spacial score (nSPS) is 19.8. The highest BCUT2D eigenvalue weighted by atomic mass is 32.2. The van der Waals surface area contributed by atoms with Crippen molar-refractivity contribution in [1.29, 1.82) is 0 Å². The number of ether oxygens (including phenoxy) is 2. The molecule has 3 N–H and O–H groups in total. The maximum atomic E-state index is 12.2. The molecule has 0 amide bonds. The van der Waals surface area contributed by atoms with E-state index in [0.717, 1.165) is 18.7 Å². The van der Waals surface area contributed by atoms with E-state index in [1.54, 1.807) is 6.07 Å². The molecule has 1 aromatic rings. The van der Waals surface area contributed by atoms with E-state index in [1.807, 2.05) is 0 Å². The molecule has 0 bridgehead atoms. The number of aromatic amines is 1. The van der Waals surface area contributed by atoms with Crippen LogP contribution in [0.3, 0.4) is 0 Å². The SMILES string of the molecule is CCCNCc1cc(S(=O)(=O)NCC2COCCO2)c[nH]1. The van der Waals surface area contributed by atoms with Crippen molar-refractivity contribution in [2.24, 2.45) is 0 Å². The number of sulfonamides is 1. The van der Waals surface area contributed by atoms with Crippen molar-refractivity contribution in [3.05, 3.63) is 18.0 Å². The summed E-state index contributed by atoms with van der Waals surface area (Å²) in [7, 11) is -3.51. The number of aromatic nitrogens is 1. The Morgan fingerprint density at radius 1 is 1.43 bits per heavy atom. The zero-order valence-corrected chi connectivity index (χ0v) is 13.0. The van der Waals surface area contributed by atoms with Crippen LogP contribution in [0, 0.1) is 0 Å². The Labute approximate surface area is 125 Å². The number of hydrogen-bond donors (Lipinski definition) is 3. The van der Waals surface area contributed by atoms with Crippen molar-refractivity contribution in [2.75, 3.05) is 32.9 Å². The summed E-state index contributed by atoms with van der Waals surface area (Å²) >= 11 is 0. The third-order valence-corrected chi connectivity index (χ3v) is 4.56. The molecule has 2 heterocycles. The minimum Gasteiger partial charge on any atom is -0.376 e. The molecule has 2 rings (SSSR count). The van der Waals surface area contributed by atoms with Crippen LogP contribution in [0.4, 0.5) is 0 Å². The van der Waals surface area contributed by atoms with Crippen molar-refractivity contribution >= 4 is 10.0 Å². The molecule has 8 heteroatoms. The van der Waals surface area contributed by atoms with Gasteiger partial charge >= 0.3 is 0 Å². The molecule has 0 saturated carbocycles. The Bertz CT molecular complexity index is 523. The Morgan fingerprint density at radius 3 is 3.00 bits per heavy atom. The standard InChI is InChI=1S/C13H23N3O4S/c1-2-3-14-7-11-6-13(9-15-11)21(17,18)16-8-12-10-19-4-5-20-12/h6,9,12,14-16H,2-5,7-8,10H2,1H3. The van der Waals surface area contributed by atoms with Crippen LogP contribution in [0.1, 0.15) is 19.0 Å². The quantitative estimate of drug-likeness (QED) is 0.596. The van der Waals surface area contributed by atoms with E-state index in [9.17, 15) is 8.42 Å². The van der Waals surface area contributed by atoms with E-state index in [1.165, 1.54) is 6.20 Å². The first-order valence-electron chi connectivity index (χ1n) is 7.19. The first kappa shape index (κ1) is 16.4. The zero-order chi connectivity index (χ0) is 15.1. The molecule has 21 heavy (non-hydrogen) atoms. The van der Waals surface area contributed by atoms with Crippen molar-refractivity contribution in [2.45, 2.75) is 30.9 Å². The average Bonchev–Trinajstić information content (AvgIpc) is 2.96. The number of nitrogens with one attached hydrogen (secondary N) is 3. The lowest BCUT2D eigenvalue weighted by atomic mass is 10.3. The highest BCUT2D eigenvalue weighted by molar-refractivity contribution is 7.89. The summed E-state index contributed by atoms with van der Waals surface area (Å²) in [6.45, 7) is 5.32. The van der Waals surface area contributed by atoms with Gasteiger partial charge in [-0.15, -0.1) is 0 Å². The van der Waals surface area contributed by atoms with Crippen LogP contribution in [0.2, 0.25) is 0 Å². The van der Waals surface area contributed by atoms with Gasteiger partial charge in [0.05, 0.1) is 30.8 Å². The molecule has 0 spiro atoms. The number of hydrogen-bond acceptors (Lipinski definition) is 5. The average molecular weight is 317 g/mol. The van der Waals surface area contributed by atoms with E-state index < -0.39 is 10.0 Å². The van der Waals surface area contributed by atoms with Gasteiger partial charge < -0.3 is 19.8 Å². The maximum absolute atomic E-state index is 12.2. The van der Waals surface area contributed by atoms with E-state index in [-0.39, 0.29) is 17.5 Å². The molecule has 0 aliphatic carbocycles. The summed E-state index contributed by atoms with van der Waals surface area (Å²) in [5, 5.41) is 3.22. The highest BCUT2D eigenvalue weighted by Crippen LogP contribution is 2.11. The Kier molecular flexibility index (Phi) is 6.19. The molecule has 1 fully saturated rings. The van der Waals surface area contributed by atoms with E-state index in [0.29, 0.717) is 26.4 Å². The lowest BCUT2D eigenvalue weighted by molar-refractivity contribution is -0.0846. The third-order valence-electron chi connectivity index (χ3n) is 3.15. The van der Waals surface area contributed by atoms with E-state index in [2.05, 4.69) is 21.9 Å². The zero-order valence-electron chi connectivity index (χ0n) is 12.2. The van der Waals surface area contributed by atoms with Gasteiger partial charge in [-0.1, -0.05) is 6.92 Å². The smallest absolute Gasteiger partial charge is 0.242 e. The highest BCUT2D eigenvalue weighted by Gasteiger charge is 2.20. The summed E-state index contributed by atoms with van der Waals surface area (Å²) in [6, 6.07) is 1.64. The van der Waals surface area contributed by atoms with Crippen LogP contribution in [0.15, 0.2) is 17.2 Å². The first-order chi connectivity index (χ1) is 10.1. The second-order valence-corrected chi connectivity index (χ2v) is 6.72. The molecule has 1 saturated heterocycles. The fourth-order valence-corrected chi connectivity index (χ4v) is 3.10. The molecular formula is C13H23N3O4S. The monoisotopic (exact) mass is 317 g/mol. The van der Waals surface area contributed by atoms with Crippen LogP contribution < -0.4 is 10.0 Å². The largest absolute Gasteiger partial charge is 0.376 e. The second-order valence-electron chi connectivity index (χ2n) is 4.96. The van der Waals surface area contributed by atoms with Gasteiger partial charge in [0.15, 0.2) is 0 Å². The van der Waals surface area contributed by atoms with Gasteiger partial charge in [-0.2, -0.15) is 0 Å². The van der Waals surface area contributed by atoms with Crippen LogP contribution in [0.25, 0.3) is 0 Å². The molecule has 0 aromatic carbocycles. The summed E-state index contributed by atoms with van der Waals surface area (Å²) in [5.41, 5.74) is 0.848. The molecular weight excluding hydrogens is 294 g/mol. The Morgan fingerprint density at radius 2 is 2.29 bits per heavy atom. The molecule has 1 aromatic heterocycles. The summed E-state index contributed by atoms with van der Waals surface area (Å²) in [4.78, 5) is 3.21. The Hall–Kier alpha value is -0.930. The second kappa shape index (κ2) is 7.90. The van der Waals surface area contributed by atoms with Crippen molar-refractivity contribution in [3.63, 3.8) is 0 Å². The number of rotatable bonds is 8. The minimum atomic E-state index is -3.51. The predicted octanol–water partition coefficient (Wildman–Crippen LogP) is 0.208. The van der Waals surface area contributed by atoms with Gasteiger partial charge in [0.1, 0.15) is 0 Å². The fourth-order valence-electron chi connectivity index (χ4n) is 2.02. The van der Waals surface area contributed by atoms with Gasteiger partial charge in [-0.05, 0) is 19.0 Å². The van der Waals surface area contributed by atoms with Gasteiger partial charge in [-0.25, -0.2) is 13.1 Å². The van der Waals surface area contributed by atoms with Crippen molar-refractivity contribution in [1.82, 2.24) is 15.0 Å². The van der Waals surface area contributed by atoms with Gasteiger partial charge in [0, 0.05) is 25.0 Å². The number of H-pyrrole nitrogens is 1. The molecule has 1 atom stereocenters. The van der Waals surface area contributed by atoms with Crippen LogP contribution >= 0.6 is 0 Å². The maximum Gasteiger partial charge on any atom is 0.242 e. The topological polar surface area (TPSA) is 92.5 Å². The van der Waals surface area contributed by atoms with Crippen LogP contribution in [0.5, 0.6) is 0 Å². The summed E-state index contributed by atoms with van der Waals surface area (Å²) in [6.07, 6.45) is 2.32. The third kappa shape index (κ3) is 5.08. The van der Waals surface area contributed by atoms with Crippen LogP contribution in [-0.4, -0.2) is 52.4 Å². The fraction of sp³-hybridized carbons (Fsp3) is 0.692. The van der Waals surface area contributed by atoms with Gasteiger partial charge in [-0.3, -0.25) is 0 Å². The lowest BCUT2D eigenvalue weighted by Crippen LogP contribution is -2.39. The molecule has 0 radical (unpaired) electrons. The van der Waals surface area contributed by atoms with Crippen LogP contribution in [-0.2, 0) is 26.0 Å². The lowest BCUT2D eigenvalue weighted by Gasteiger charge is -2.22. The minimum absolute atomic E-state index is 0.219. The van der Waals surface area contributed by atoms with E-state index >= 15 is 0 Å². The van der Waals surface area contributed by atoms with Crippen molar-refractivity contribution in [3.8, 4) is 0 Å². The molecule has 1 aliphatic rings. The molecule has 120 valence electrons. The van der Waals surface area contributed by atoms with E-state index in [4.69, 9.17) is 9.47 Å². The first-order valence-corrected chi connectivity index (χ1v) is 8.67. The molecule has 1 unspecified atom stereocenters.